The van der Waals surface area contributed by atoms with Crippen LogP contribution in [0.3, 0.4) is 0 Å². The highest BCUT2D eigenvalue weighted by molar-refractivity contribution is 5.78. The summed E-state index contributed by atoms with van der Waals surface area (Å²) in [5, 5.41) is 0. The van der Waals surface area contributed by atoms with Crippen LogP contribution >= 0.6 is 0 Å². The van der Waals surface area contributed by atoms with Crippen molar-refractivity contribution in [2.45, 2.75) is 25.8 Å². The first-order valence-electron chi connectivity index (χ1n) is 5.37. The highest BCUT2D eigenvalue weighted by Crippen LogP contribution is 2.26. The second-order valence-electron chi connectivity index (χ2n) is 3.94. The minimum absolute atomic E-state index is 0.242. The molecular weight excluding hydrogens is 178 g/mol. The normalized spacial score (nSPS) is 16.0. The lowest BCUT2D eigenvalue weighted by Gasteiger charge is -2.23. The predicted molar refractivity (Wildman–Crippen MR) is 57.0 cm³/mol. The van der Waals surface area contributed by atoms with Crippen LogP contribution in [0.2, 0.25) is 0 Å². The molecule has 0 aliphatic heterocycles. The van der Waals surface area contributed by atoms with Crippen LogP contribution in [-0.4, -0.2) is 55.0 Å². The average Bonchev–Trinajstić information content (AvgIpc) is 2.89. The van der Waals surface area contributed by atoms with Gasteiger partial charge in [-0.3, -0.25) is 9.69 Å². The second-order valence-corrected chi connectivity index (χ2v) is 3.94. The maximum Gasteiger partial charge on any atom is 0.236 e. The van der Waals surface area contributed by atoms with E-state index in [4.69, 9.17) is 5.73 Å². The largest absolute Gasteiger partial charge is 0.339 e. The van der Waals surface area contributed by atoms with Crippen LogP contribution in [0.1, 0.15) is 19.8 Å². The van der Waals surface area contributed by atoms with E-state index >= 15 is 0 Å². The van der Waals surface area contributed by atoms with Crippen LogP contribution in [0, 0.1) is 0 Å². The van der Waals surface area contributed by atoms with E-state index in [0.29, 0.717) is 19.1 Å². The van der Waals surface area contributed by atoms with E-state index in [9.17, 15) is 4.79 Å². The number of nitrogens with zero attached hydrogens (tertiary/aromatic N) is 2. The monoisotopic (exact) mass is 199 g/mol. The van der Waals surface area contributed by atoms with Crippen molar-refractivity contribution in [1.29, 1.82) is 0 Å². The fraction of sp³-hybridized carbons (Fsp3) is 0.900. The molecule has 0 atom stereocenters. The van der Waals surface area contributed by atoms with Gasteiger partial charge < -0.3 is 10.6 Å². The zero-order valence-electron chi connectivity index (χ0n) is 9.20. The molecule has 0 bridgehead atoms. The number of hydrogen-bond donors (Lipinski definition) is 1. The second kappa shape index (κ2) is 5.32. The molecule has 0 aromatic carbocycles. The lowest BCUT2D eigenvalue weighted by atomic mass is 10.4. The van der Waals surface area contributed by atoms with Crippen molar-refractivity contribution in [2.24, 2.45) is 5.73 Å². The smallest absolute Gasteiger partial charge is 0.236 e. The number of amides is 1. The molecule has 4 heteroatoms. The first-order valence-corrected chi connectivity index (χ1v) is 5.37. The summed E-state index contributed by atoms with van der Waals surface area (Å²) in [7, 11) is 1.94. The molecule has 1 amide bonds. The summed E-state index contributed by atoms with van der Waals surface area (Å²) in [6.45, 7) is 4.77. The van der Waals surface area contributed by atoms with Gasteiger partial charge in [0.1, 0.15) is 0 Å². The number of likely N-dealkylation sites (N-methyl/N-ethyl adjacent to an activating group) is 2. The molecule has 1 aliphatic rings. The van der Waals surface area contributed by atoms with E-state index in [-0.39, 0.29) is 5.91 Å². The van der Waals surface area contributed by atoms with E-state index in [0.717, 1.165) is 13.1 Å². The Morgan fingerprint density at radius 2 is 2.14 bits per heavy atom. The van der Waals surface area contributed by atoms with Crippen molar-refractivity contribution in [3.8, 4) is 0 Å². The Hall–Kier alpha value is -0.610. The van der Waals surface area contributed by atoms with Gasteiger partial charge in [-0.05, 0) is 26.8 Å². The van der Waals surface area contributed by atoms with Gasteiger partial charge in [0.15, 0.2) is 0 Å². The average molecular weight is 199 g/mol. The van der Waals surface area contributed by atoms with Crippen molar-refractivity contribution in [2.75, 3.05) is 33.2 Å². The molecule has 2 N–H and O–H groups in total. The molecule has 1 rings (SSSR count). The Balaban J connectivity index is 2.31. The summed E-state index contributed by atoms with van der Waals surface area (Å²) >= 11 is 0. The summed E-state index contributed by atoms with van der Waals surface area (Å²) in [4.78, 5) is 15.7. The molecule has 82 valence electrons. The summed E-state index contributed by atoms with van der Waals surface area (Å²) in [6.07, 6.45) is 2.36. The SMILES string of the molecule is CCN(C(=O)CN(C)CCN)C1CC1. The minimum atomic E-state index is 0.242. The minimum Gasteiger partial charge on any atom is -0.339 e. The molecule has 0 spiro atoms. The maximum atomic E-state index is 11.8. The molecule has 0 saturated heterocycles. The fourth-order valence-corrected chi connectivity index (χ4v) is 1.65. The third-order valence-corrected chi connectivity index (χ3v) is 2.56. The number of nitrogens with two attached hydrogens (primary N) is 1. The third kappa shape index (κ3) is 3.27. The molecule has 0 unspecified atom stereocenters. The zero-order valence-corrected chi connectivity index (χ0v) is 9.20. The van der Waals surface area contributed by atoms with Gasteiger partial charge >= 0.3 is 0 Å². The Labute approximate surface area is 86.0 Å². The Morgan fingerprint density at radius 1 is 1.50 bits per heavy atom. The first kappa shape index (κ1) is 11.5. The van der Waals surface area contributed by atoms with Gasteiger partial charge in [0.25, 0.3) is 0 Å². The lowest BCUT2D eigenvalue weighted by molar-refractivity contribution is -0.132. The van der Waals surface area contributed by atoms with Gasteiger partial charge in [-0.25, -0.2) is 0 Å². The number of rotatable bonds is 6. The van der Waals surface area contributed by atoms with Crippen LogP contribution in [0.25, 0.3) is 0 Å². The van der Waals surface area contributed by atoms with E-state index in [1.54, 1.807) is 0 Å². The van der Waals surface area contributed by atoms with Gasteiger partial charge in [0.2, 0.25) is 5.91 Å². The summed E-state index contributed by atoms with van der Waals surface area (Å²) in [5.74, 6) is 0.242. The molecule has 0 heterocycles. The van der Waals surface area contributed by atoms with Gasteiger partial charge in [-0.2, -0.15) is 0 Å². The standard InChI is InChI=1S/C10H21N3O/c1-3-13(9-4-5-9)10(14)8-12(2)7-6-11/h9H,3-8,11H2,1-2H3. The van der Waals surface area contributed by atoms with Crippen molar-refractivity contribution < 1.29 is 4.79 Å². The van der Waals surface area contributed by atoms with Crippen molar-refractivity contribution in [1.82, 2.24) is 9.80 Å². The Bertz CT molecular complexity index is 192. The summed E-state index contributed by atoms with van der Waals surface area (Å²) in [6, 6.07) is 0.527. The van der Waals surface area contributed by atoms with Crippen LogP contribution in [0.5, 0.6) is 0 Å². The van der Waals surface area contributed by atoms with Crippen molar-refractivity contribution in [3.63, 3.8) is 0 Å². The molecule has 1 aliphatic carbocycles. The Morgan fingerprint density at radius 3 is 2.57 bits per heavy atom. The molecule has 4 nitrogen and oxygen atoms in total. The molecule has 1 saturated carbocycles. The van der Waals surface area contributed by atoms with Crippen molar-refractivity contribution in [3.05, 3.63) is 0 Å². The first-order chi connectivity index (χ1) is 6.69. The third-order valence-electron chi connectivity index (χ3n) is 2.56. The van der Waals surface area contributed by atoms with E-state index in [1.807, 2.05) is 23.8 Å². The van der Waals surface area contributed by atoms with E-state index in [1.165, 1.54) is 12.8 Å². The maximum absolute atomic E-state index is 11.8. The summed E-state index contributed by atoms with van der Waals surface area (Å²) in [5.41, 5.74) is 5.42. The quantitative estimate of drug-likeness (QED) is 0.649. The topological polar surface area (TPSA) is 49.6 Å². The van der Waals surface area contributed by atoms with Gasteiger partial charge in [0.05, 0.1) is 6.54 Å². The number of carbonyl (C=O) groups excluding carboxylic acids is 1. The van der Waals surface area contributed by atoms with E-state index in [2.05, 4.69) is 0 Å². The van der Waals surface area contributed by atoms with Crippen LogP contribution in [-0.2, 0) is 4.79 Å². The number of hydrogen-bond acceptors (Lipinski definition) is 3. The van der Waals surface area contributed by atoms with Crippen LogP contribution in [0.4, 0.5) is 0 Å². The van der Waals surface area contributed by atoms with Crippen LogP contribution in [0.15, 0.2) is 0 Å². The van der Waals surface area contributed by atoms with Gasteiger partial charge in [0, 0.05) is 25.7 Å². The van der Waals surface area contributed by atoms with Crippen LogP contribution < -0.4 is 5.73 Å². The molecular formula is C10H21N3O. The van der Waals surface area contributed by atoms with Gasteiger partial charge in [-0.1, -0.05) is 0 Å². The molecule has 1 fully saturated rings. The van der Waals surface area contributed by atoms with E-state index < -0.39 is 0 Å². The molecule has 0 aromatic heterocycles. The predicted octanol–water partition coefficient (Wildman–Crippen LogP) is -0.112. The fourth-order valence-electron chi connectivity index (χ4n) is 1.65. The van der Waals surface area contributed by atoms with Gasteiger partial charge in [-0.15, -0.1) is 0 Å². The zero-order chi connectivity index (χ0) is 10.6. The Kier molecular flexibility index (Phi) is 4.35. The highest BCUT2D eigenvalue weighted by atomic mass is 16.2. The molecule has 14 heavy (non-hydrogen) atoms. The molecule has 0 aromatic rings. The van der Waals surface area contributed by atoms with Crippen molar-refractivity contribution >= 4 is 5.91 Å². The molecule has 0 radical (unpaired) electrons. The summed E-state index contributed by atoms with van der Waals surface area (Å²) < 4.78 is 0. The highest BCUT2D eigenvalue weighted by Gasteiger charge is 2.31. The number of carbonyl (C=O) groups is 1. The lowest BCUT2D eigenvalue weighted by Crippen LogP contribution is -2.41.